The fraction of sp³-hybridized carbons (Fsp3) is 0.727. The zero-order valence-electron chi connectivity index (χ0n) is 10.1. The van der Waals surface area contributed by atoms with Gasteiger partial charge in [-0.25, -0.2) is 4.98 Å². The number of ether oxygens (including phenoxy) is 1. The van der Waals surface area contributed by atoms with Crippen molar-refractivity contribution >= 4 is 45.2 Å². The van der Waals surface area contributed by atoms with Crippen LogP contribution in [0.4, 0.5) is 0 Å². The van der Waals surface area contributed by atoms with Gasteiger partial charge in [-0.3, -0.25) is 0 Å². The highest BCUT2D eigenvalue weighted by Gasteiger charge is 2.03. The molecule has 0 saturated heterocycles. The highest BCUT2D eigenvalue weighted by molar-refractivity contribution is 14.1. The average Bonchev–Trinajstić information content (AvgIpc) is 2.64. The fourth-order valence-corrected chi connectivity index (χ4v) is 2.36. The van der Waals surface area contributed by atoms with Gasteiger partial charge < -0.3 is 14.6 Å². The van der Waals surface area contributed by atoms with Crippen LogP contribution in [-0.4, -0.2) is 35.9 Å². The second-order valence-electron chi connectivity index (χ2n) is 3.67. The summed E-state index contributed by atoms with van der Waals surface area (Å²) in [6, 6.07) is 0. The first-order chi connectivity index (χ1) is 8.25. The van der Waals surface area contributed by atoms with Crippen LogP contribution in [0.25, 0.3) is 0 Å². The number of imidazole rings is 1. The third kappa shape index (κ3) is 6.35. The molecule has 17 heavy (non-hydrogen) atoms. The molecule has 0 unspecified atom stereocenters. The Kier molecular flexibility index (Phi) is 8.75. The molecule has 0 aliphatic heterocycles. The van der Waals surface area contributed by atoms with Gasteiger partial charge in [-0.15, -0.1) is 0 Å². The largest absolute Gasteiger partial charge is 0.382 e. The third-order valence-electron chi connectivity index (χ3n) is 2.36. The summed E-state index contributed by atoms with van der Waals surface area (Å²) >= 11 is 4.59. The molecule has 1 N–H and O–H groups in total. The smallest absolute Gasteiger partial charge is 0.132 e. The van der Waals surface area contributed by atoms with E-state index in [1.54, 1.807) is 0 Å². The highest BCUT2D eigenvalue weighted by Crippen LogP contribution is 2.12. The van der Waals surface area contributed by atoms with Crippen molar-refractivity contribution in [3.05, 3.63) is 13.7 Å². The van der Waals surface area contributed by atoms with Crippen molar-refractivity contribution in [3.8, 4) is 0 Å². The molecule has 1 heterocycles. The second-order valence-corrected chi connectivity index (χ2v) is 5.72. The van der Waals surface area contributed by atoms with Gasteiger partial charge in [0.1, 0.15) is 7.40 Å². The maximum absolute atomic E-state index is 5.29. The number of halogens is 2. The van der Waals surface area contributed by atoms with E-state index in [4.69, 9.17) is 4.74 Å². The van der Waals surface area contributed by atoms with Gasteiger partial charge in [0, 0.05) is 26.3 Å². The number of rotatable bonds is 9. The Labute approximate surface area is 130 Å². The molecule has 98 valence electrons. The lowest BCUT2D eigenvalue weighted by molar-refractivity contribution is 0.143. The summed E-state index contributed by atoms with van der Waals surface area (Å²) < 4.78 is 9.77. The lowest BCUT2D eigenvalue weighted by Crippen LogP contribution is -2.21. The fourth-order valence-electron chi connectivity index (χ4n) is 1.42. The number of nitrogens with one attached hydrogen (secondary N) is 1. The molecule has 1 aromatic heterocycles. The van der Waals surface area contributed by atoms with Crippen LogP contribution in [0.5, 0.6) is 0 Å². The van der Waals surface area contributed by atoms with Gasteiger partial charge >= 0.3 is 0 Å². The summed E-state index contributed by atoms with van der Waals surface area (Å²) in [4.78, 5) is 4.26. The summed E-state index contributed by atoms with van der Waals surface area (Å²) in [6.45, 7) is 6.79. The topological polar surface area (TPSA) is 39.1 Å². The molecule has 0 aromatic carbocycles. The van der Waals surface area contributed by atoms with Gasteiger partial charge in [0.15, 0.2) is 0 Å². The van der Waals surface area contributed by atoms with Crippen molar-refractivity contribution in [2.24, 2.45) is 0 Å². The molecule has 0 bridgehead atoms. The van der Waals surface area contributed by atoms with Crippen molar-refractivity contribution in [3.63, 3.8) is 0 Å². The summed E-state index contributed by atoms with van der Waals surface area (Å²) in [7, 11) is 0. The maximum Gasteiger partial charge on any atom is 0.132 e. The van der Waals surface area contributed by atoms with Gasteiger partial charge in [-0.1, -0.05) is 0 Å². The summed E-state index contributed by atoms with van der Waals surface area (Å²) in [5.41, 5.74) is 0. The number of nitrogens with zero attached hydrogens (tertiary/aromatic N) is 2. The molecule has 0 aliphatic rings. The van der Waals surface area contributed by atoms with Gasteiger partial charge in [0.2, 0.25) is 0 Å². The summed E-state index contributed by atoms with van der Waals surface area (Å²) in [5.74, 6) is 0. The van der Waals surface area contributed by atoms with Crippen LogP contribution in [0.2, 0.25) is 0 Å². The van der Waals surface area contributed by atoms with E-state index >= 15 is 0 Å². The van der Waals surface area contributed by atoms with Crippen LogP contribution in [-0.2, 0) is 11.3 Å². The third-order valence-corrected chi connectivity index (χ3v) is 5.31. The number of aromatic nitrogens is 2. The SMILES string of the molecule is CCOCCCCNCCn1cnc(I)c1I. The van der Waals surface area contributed by atoms with Crippen LogP contribution >= 0.6 is 45.2 Å². The highest BCUT2D eigenvalue weighted by atomic mass is 127. The molecule has 6 heteroatoms. The monoisotopic (exact) mass is 463 g/mol. The summed E-state index contributed by atoms with van der Waals surface area (Å²) in [6.07, 6.45) is 4.22. The molecule has 0 saturated carbocycles. The van der Waals surface area contributed by atoms with E-state index in [1.807, 2.05) is 13.3 Å². The van der Waals surface area contributed by atoms with E-state index < -0.39 is 0 Å². The molecule has 0 radical (unpaired) electrons. The molecule has 0 atom stereocenters. The minimum absolute atomic E-state index is 0.825. The number of hydrogen-bond donors (Lipinski definition) is 1. The Morgan fingerprint density at radius 2 is 2.18 bits per heavy atom. The Bertz CT molecular complexity index is 318. The standard InChI is InChI=1S/C11H19I2N3O/c1-2-17-8-4-3-5-14-6-7-16-9-15-10(12)11(16)13/h9,14H,2-8H2,1H3. The number of unbranched alkanes of at least 4 members (excludes halogenated alkanes) is 1. The Morgan fingerprint density at radius 3 is 2.82 bits per heavy atom. The van der Waals surface area contributed by atoms with Crippen molar-refractivity contribution in [2.45, 2.75) is 26.3 Å². The molecular formula is C11H19I2N3O. The van der Waals surface area contributed by atoms with Crippen LogP contribution < -0.4 is 5.32 Å². The molecule has 0 aliphatic carbocycles. The second kappa shape index (κ2) is 9.51. The van der Waals surface area contributed by atoms with Crippen LogP contribution in [0.15, 0.2) is 6.33 Å². The van der Waals surface area contributed by atoms with E-state index in [0.29, 0.717) is 0 Å². The van der Waals surface area contributed by atoms with Crippen molar-refractivity contribution in [1.82, 2.24) is 14.9 Å². The van der Waals surface area contributed by atoms with E-state index in [0.717, 1.165) is 43.0 Å². The van der Waals surface area contributed by atoms with Crippen LogP contribution in [0.3, 0.4) is 0 Å². The van der Waals surface area contributed by atoms with E-state index in [-0.39, 0.29) is 0 Å². The molecule has 1 aromatic rings. The minimum Gasteiger partial charge on any atom is -0.382 e. The van der Waals surface area contributed by atoms with Crippen molar-refractivity contribution in [2.75, 3.05) is 26.3 Å². The first-order valence-electron chi connectivity index (χ1n) is 5.90. The Morgan fingerprint density at radius 1 is 1.35 bits per heavy atom. The normalized spacial score (nSPS) is 11.0. The van der Waals surface area contributed by atoms with Gasteiger partial charge in [-0.2, -0.15) is 0 Å². The van der Waals surface area contributed by atoms with Crippen molar-refractivity contribution in [1.29, 1.82) is 0 Å². The zero-order chi connectivity index (χ0) is 12.5. The minimum atomic E-state index is 0.825. The molecule has 1 rings (SSSR count). The predicted octanol–water partition coefficient (Wildman–Crippen LogP) is 2.50. The van der Waals surface area contributed by atoms with E-state index in [1.165, 1.54) is 10.1 Å². The van der Waals surface area contributed by atoms with Gasteiger partial charge in [0.05, 0.1) is 6.33 Å². The molecule has 0 spiro atoms. The zero-order valence-corrected chi connectivity index (χ0v) is 14.4. The molecular weight excluding hydrogens is 444 g/mol. The molecule has 0 amide bonds. The lowest BCUT2D eigenvalue weighted by Gasteiger charge is -2.06. The van der Waals surface area contributed by atoms with Crippen LogP contribution in [0.1, 0.15) is 19.8 Å². The Hall–Kier alpha value is 0.590. The van der Waals surface area contributed by atoms with Crippen LogP contribution in [0, 0.1) is 7.40 Å². The quantitative estimate of drug-likeness (QED) is 0.452. The first-order valence-corrected chi connectivity index (χ1v) is 8.06. The lowest BCUT2D eigenvalue weighted by atomic mass is 10.3. The molecule has 4 nitrogen and oxygen atoms in total. The van der Waals surface area contributed by atoms with Crippen molar-refractivity contribution < 1.29 is 4.74 Å². The predicted molar refractivity (Wildman–Crippen MR) is 86.3 cm³/mol. The van der Waals surface area contributed by atoms with E-state index in [2.05, 4.69) is 60.0 Å². The summed E-state index contributed by atoms with van der Waals surface area (Å²) in [5, 5.41) is 3.44. The first kappa shape index (κ1) is 15.6. The van der Waals surface area contributed by atoms with Gasteiger partial charge in [0.25, 0.3) is 0 Å². The van der Waals surface area contributed by atoms with E-state index in [9.17, 15) is 0 Å². The average molecular weight is 463 g/mol. The van der Waals surface area contributed by atoms with Gasteiger partial charge in [-0.05, 0) is 71.5 Å². The number of hydrogen-bond acceptors (Lipinski definition) is 3. The molecule has 0 fully saturated rings. The Balaban J connectivity index is 1.99. The maximum atomic E-state index is 5.29.